The van der Waals surface area contributed by atoms with Gasteiger partial charge in [-0.1, -0.05) is 82.9 Å². The van der Waals surface area contributed by atoms with Crippen molar-refractivity contribution in [2.45, 2.75) is 82.4 Å². The van der Waals surface area contributed by atoms with Crippen molar-refractivity contribution >= 4 is 10.1 Å². The molecule has 0 heterocycles. The van der Waals surface area contributed by atoms with Crippen molar-refractivity contribution < 1.29 is 45.9 Å². The standard InChI is InChI=1S/C18H30O3S.4H2O.Ti/c1-2-3-4-5-6-7-8-9-10-11-14-17-15-12-13-16-18(17)22(19,20)21;;;;;/h12-13,15-16H,2-11,14H2,1H3,(H,19,20,21);4*1H2;/q;;;;;+4/p-4. The Morgan fingerprint density at radius 1 is 0.778 bits per heavy atom. The first kappa shape index (κ1) is 26.7. The Morgan fingerprint density at radius 3 is 1.63 bits per heavy atom. The first-order valence-electron chi connectivity index (χ1n) is 9.50. The SMILES string of the molecule is CCCCCCCCCCCCc1ccccc1S(=O)(=O)O.[OH][Ti]([OH])([OH])[OH]. The average Bonchev–Trinajstić information content (AvgIpc) is 2.54. The Hall–Kier alpha value is -0.316. The summed E-state index contributed by atoms with van der Waals surface area (Å²) in [5, 5.41) is 0. The second-order valence-corrected chi connectivity index (χ2v) is 9.88. The molecule has 0 saturated carbocycles. The topological polar surface area (TPSA) is 135 Å². The first-order valence-corrected chi connectivity index (χ1v) is 13.7. The van der Waals surface area contributed by atoms with Gasteiger partial charge in [0.1, 0.15) is 0 Å². The summed E-state index contributed by atoms with van der Waals surface area (Å²) in [6.07, 6.45) is 13.3. The Kier molecular flexibility index (Phi) is 14.5. The number of hydrogen-bond acceptors (Lipinski definition) is 6. The molecule has 1 rings (SSSR count). The van der Waals surface area contributed by atoms with Gasteiger partial charge in [0.25, 0.3) is 10.1 Å². The summed E-state index contributed by atoms with van der Waals surface area (Å²) in [4.78, 5) is 0.0610. The number of rotatable bonds is 12. The molecular formula is C18H34O7STi. The molecular weight excluding hydrogens is 408 g/mol. The Labute approximate surface area is 168 Å². The third kappa shape index (κ3) is 17.5. The van der Waals surface area contributed by atoms with Gasteiger partial charge in [-0.25, -0.2) is 0 Å². The first-order chi connectivity index (χ1) is 12.6. The second-order valence-electron chi connectivity index (χ2n) is 6.61. The van der Waals surface area contributed by atoms with Gasteiger partial charge in [-0.15, -0.1) is 0 Å². The summed E-state index contributed by atoms with van der Waals surface area (Å²) in [6, 6.07) is 6.73. The molecule has 5 N–H and O–H groups in total. The summed E-state index contributed by atoms with van der Waals surface area (Å²) in [6.45, 7) is 2.24. The summed E-state index contributed by atoms with van der Waals surface area (Å²) >= 11 is -5.00. The predicted molar refractivity (Wildman–Crippen MR) is 101 cm³/mol. The summed E-state index contributed by atoms with van der Waals surface area (Å²) in [7, 11) is -4.10. The van der Waals surface area contributed by atoms with Crippen molar-refractivity contribution in [3.8, 4) is 0 Å². The van der Waals surface area contributed by atoms with Crippen LogP contribution in [0.3, 0.4) is 0 Å². The van der Waals surface area contributed by atoms with E-state index >= 15 is 0 Å². The minimum atomic E-state index is -5.00. The van der Waals surface area contributed by atoms with Gasteiger partial charge in [0.05, 0.1) is 4.90 Å². The molecule has 0 unspecified atom stereocenters. The Bertz CT molecular complexity index is 594. The van der Waals surface area contributed by atoms with Gasteiger partial charge < -0.3 is 0 Å². The van der Waals surface area contributed by atoms with Crippen molar-refractivity contribution in [1.82, 2.24) is 0 Å². The van der Waals surface area contributed by atoms with Crippen LogP contribution in [-0.2, 0) is 34.7 Å². The Balaban J connectivity index is 0.00000119. The van der Waals surface area contributed by atoms with E-state index in [1.54, 1.807) is 12.1 Å². The molecule has 7 nitrogen and oxygen atoms in total. The molecule has 0 aromatic heterocycles. The molecule has 0 atom stereocenters. The van der Waals surface area contributed by atoms with E-state index in [9.17, 15) is 13.0 Å². The zero-order valence-electron chi connectivity index (χ0n) is 16.0. The molecule has 9 heteroatoms. The van der Waals surface area contributed by atoms with Crippen LogP contribution in [0.25, 0.3) is 0 Å². The van der Waals surface area contributed by atoms with Crippen LogP contribution in [0.1, 0.15) is 76.7 Å². The van der Waals surface area contributed by atoms with E-state index in [0.29, 0.717) is 6.42 Å². The molecule has 0 aliphatic heterocycles. The van der Waals surface area contributed by atoms with Crippen molar-refractivity contribution in [3.05, 3.63) is 29.8 Å². The quantitative estimate of drug-likeness (QED) is 0.191. The van der Waals surface area contributed by atoms with Crippen LogP contribution >= 0.6 is 0 Å². The average molecular weight is 442 g/mol. The molecule has 27 heavy (non-hydrogen) atoms. The maximum absolute atomic E-state index is 11.3. The van der Waals surface area contributed by atoms with E-state index in [2.05, 4.69) is 6.92 Å². The van der Waals surface area contributed by atoms with Gasteiger partial charge in [0.2, 0.25) is 0 Å². The van der Waals surface area contributed by atoms with E-state index in [-0.39, 0.29) is 4.90 Å². The fraction of sp³-hybridized carbons (Fsp3) is 0.667. The zero-order chi connectivity index (χ0) is 20.8. The number of hydrogen-bond donors (Lipinski definition) is 5. The van der Waals surface area contributed by atoms with E-state index in [4.69, 9.17) is 14.8 Å². The zero-order valence-corrected chi connectivity index (χ0v) is 18.4. The van der Waals surface area contributed by atoms with Crippen molar-refractivity contribution in [3.63, 3.8) is 0 Å². The molecule has 0 fully saturated rings. The van der Waals surface area contributed by atoms with Crippen LogP contribution in [-0.4, -0.2) is 27.7 Å². The maximum atomic E-state index is 11.3. The van der Waals surface area contributed by atoms with Crippen LogP contribution in [0.5, 0.6) is 0 Å². The third-order valence-electron chi connectivity index (χ3n) is 4.05. The molecule has 0 radical (unpaired) electrons. The van der Waals surface area contributed by atoms with Gasteiger partial charge in [-0.2, -0.15) is 8.42 Å². The molecule has 158 valence electrons. The van der Waals surface area contributed by atoms with E-state index in [1.165, 1.54) is 57.4 Å². The van der Waals surface area contributed by atoms with E-state index < -0.39 is 28.3 Å². The van der Waals surface area contributed by atoms with Crippen LogP contribution in [0, 0.1) is 0 Å². The normalized spacial score (nSPS) is 11.8. The predicted octanol–water partition coefficient (Wildman–Crippen LogP) is 3.17. The number of unbranched alkanes of at least 4 members (excludes halogenated alkanes) is 9. The molecule has 1 aromatic carbocycles. The van der Waals surface area contributed by atoms with Gasteiger partial charge in [0.15, 0.2) is 0 Å². The molecule has 0 aliphatic rings. The van der Waals surface area contributed by atoms with Gasteiger partial charge in [-0.3, -0.25) is 4.55 Å². The summed E-state index contributed by atoms with van der Waals surface area (Å²) < 4.78 is 61.3. The monoisotopic (exact) mass is 442 g/mol. The number of benzene rings is 1. The molecule has 0 amide bonds. The summed E-state index contributed by atoms with van der Waals surface area (Å²) in [5.74, 6) is 0. The van der Waals surface area contributed by atoms with Gasteiger partial charge >= 0.3 is 32.9 Å². The van der Waals surface area contributed by atoms with Crippen LogP contribution in [0.2, 0.25) is 0 Å². The molecule has 1 aromatic rings. The fourth-order valence-electron chi connectivity index (χ4n) is 2.76. The Morgan fingerprint density at radius 2 is 1.19 bits per heavy atom. The van der Waals surface area contributed by atoms with Crippen molar-refractivity contribution in [1.29, 1.82) is 0 Å². The van der Waals surface area contributed by atoms with Crippen LogP contribution in [0.15, 0.2) is 29.2 Å². The molecule has 0 saturated heterocycles. The minimum absolute atomic E-state index is 0.0610. The third-order valence-corrected chi connectivity index (χ3v) is 5.00. The van der Waals surface area contributed by atoms with E-state index in [0.717, 1.165) is 18.4 Å². The summed E-state index contributed by atoms with van der Waals surface area (Å²) in [5.41, 5.74) is 0.726. The fourth-order valence-corrected chi connectivity index (χ4v) is 3.52. The van der Waals surface area contributed by atoms with Gasteiger partial charge in [-0.05, 0) is 24.5 Å². The van der Waals surface area contributed by atoms with Crippen LogP contribution < -0.4 is 0 Å². The van der Waals surface area contributed by atoms with Crippen molar-refractivity contribution in [2.75, 3.05) is 0 Å². The molecule has 0 aliphatic carbocycles. The van der Waals surface area contributed by atoms with Gasteiger partial charge in [0, 0.05) is 0 Å². The molecule has 0 bridgehead atoms. The molecule has 0 spiro atoms. The second kappa shape index (κ2) is 14.6. The van der Waals surface area contributed by atoms with E-state index in [1.807, 2.05) is 6.07 Å². The number of aryl methyl sites for hydroxylation is 1. The van der Waals surface area contributed by atoms with Crippen molar-refractivity contribution in [2.24, 2.45) is 0 Å². The van der Waals surface area contributed by atoms with Crippen LogP contribution in [0.4, 0.5) is 0 Å².